The SMILES string of the molecule is Cc1c[nH]pc1C1CCCCCCCC1. The first-order valence-corrected chi connectivity index (χ1v) is 7.27. The molecule has 84 valence electrons. The van der Waals surface area contributed by atoms with Gasteiger partial charge in [0.2, 0.25) is 0 Å². The summed E-state index contributed by atoms with van der Waals surface area (Å²) in [5, 5.41) is 1.68. The molecule has 0 aromatic carbocycles. The van der Waals surface area contributed by atoms with Crippen molar-refractivity contribution in [2.45, 2.75) is 64.2 Å². The minimum absolute atomic E-state index is 0.871. The van der Waals surface area contributed by atoms with E-state index in [-0.39, 0.29) is 0 Å². The molecule has 1 fully saturated rings. The summed E-state index contributed by atoms with van der Waals surface area (Å²) in [4.78, 5) is 0. The molecule has 1 aromatic rings. The Bertz CT molecular complexity index is 282. The van der Waals surface area contributed by atoms with Gasteiger partial charge in [0.15, 0.2) is 0 Å². The highest BCUT2D eigenvalue weighted by molar-refractivity contribution is 7.26. The van der Waals surface area contributed by atoms with Crippen LogP contribution in [0.25, 0.3) is 0 Å². The largest absolute Gasteiger partial charge is 0.344 e. The smallest absolute Gasteiger partial charge is 0.0144 e. The van der Waals surface area contributed by atoms with Gasteiger partial charge in [-0.3, -0.25) is 0 Å². The molecule has 2 rings (SSSR count). The minimum Gasteiger partial charge on any atom is -0.344 e. The second-order valence-corrected chi connectivity index (χ2v) is 5.81. The number of hydrogen-bond acceptors (Lipinski definition) is 0. The van der Waals surface area contributed by atoms with E-state index in [2.05, 4.69) is 17.9 Å². The Hall–Kier alpha value is -0.290. The summed E-state index contributed by atoms with van der Waals surface area (Å²) in [6, 6.07) is 0. The lowest BCUT2D eigenvalue weighted by Gasteiger charge is -2.14. The fraction of sp³-hybridized carbons (Fsp3) is 0.769. The van der Waals surface area contributed by atoms with Crippen LogP contribution < -0.4 is 0 Å². The van der Waals surface area contributed by atoms with Gasteiger partial charge in [0.25, 0.3) is 0 Å². The van der Waals surface area contributed by atoms with E-state index >= 15 is 0 Å². The third-order valence-corrected chi connectivity index (χ3v) is 4.83. The molecular formula is C13H22NP. The third kappa shape index (κ3) is 3.08. The molecule has 1 N–H and O–H groups in total. The first-order valence-electron chi connectivity index (χ1n) is 6.38. The molecule has 1 aliphatic carbocycles. The van der Waals surface area contributed by atoms with Gasteiger partial charge in [0, 0.05) is 19.8 Å². The van der Waals surface area contributed by atoms with Crippen molar-refractivity contribution in [2.24, 2.45) is 0 Å². The van der Waals surface area contributed by atoms with Crippen molar-refractivity contribution < 1.29 is 0 Å². The summed E-state index contributed by atoms with van der Waals surface area (Å²) in [7, 11) is 1.37. The van der Waals surface area contributed by atoms with Crippen LogP contribution in [0.4, 0.5) is 0 Å². The van der Waals surface area contributed by atoms with Crippen LogP contribution in [0.2, 0.25) is 0 Å². The molecule has 0 radical (unpaired) electrons. The van der Waals surface area contributed by atoms with Crippen molar-refractivity contribution in [3.8, 4) is 0 Å². The number of aryl methyl sites for hydroxylation is 1. The highest BCUT2D eigenvalue weighted by atomic mass is 31.0. The quantitative estimate of drug-likeness (QED) is 0.680. The van der Waals surface area contributed by atoms with Gasteiger partial charge in [-0.1, -0.05) is 38.5 Å². The molecule has 15 heavy (non-hydrogen) atoms. The average molecular weight is 223 g/mol. The second kappa shape index (κ2) is 5.70. The van der Waals surface area contributed by atoms with Crippen LogP contribution in [0.5, 0.6) is 0 Å². The Kier molecular flexibility index (Phi) is 4.26. The van der Waals surface area contributed by atoms with Crippen LogP contribution in [0.15, 0.2) is 6.20 Å². The molecule has 0 bridgehead atoms. The Morgan fingerprint density at radius 3 is 2.20 bits per heavy atom. The zero-order valence-corrected chi connectivity index (χ0v) is 10.7. The van der Waals surface area contributed by atoms with Gasteiger partial charge >= 0.3 is 0 Å². The number of hydrogen-bond donors (Lipinski definition) is 1. The van der Waals surface area contributed by atoms with Gasteiger partial charge in [0.1, 0.15) is 0 Å². The van der Waals surface area contributed by atoms with Crippen molar-refractivity contribution in [3.63, 3.8) is 0 Å². The molecule has 1 aliphatic rings. The topological polar surface area (TPSA) is 15.8 Å². The Morgan fingerprint density at radius 2 is 1.67 bits per heavy atom. The van der Waals surface area contributed by atoms with E-state index in [4.69, 9.17) is 0 Å². The fourth-order valence-electron chi connectivity index (χ4n) is 2.68. The maximum Gasteiger partial charge on any atom is 0.0144 e. The van der Waals surface area contributed by atoms with Gasteiger partial charge in [0.05, 0.1) is 0 Å². The Balaban J connectivity index is 2.02. The lowest BCUT2D eigenvalue weighted by Crippen LogP contribution is -1.97. The number of nitrogens with one attached hydrogen (secondary N) is 1. The summed E-state index contributed by atoms with van der Waals surface area (Å²) in [5.41, 5.74) is 1.50. The van der Waals surface area contributed by atoms with Crippen molar-refractivity contribution in [2.75, 3.05) is 0 Å². The first-order chi connectivity index (χ1) is 7.38. The van der Waals surface area contributed by atoms with Crippen LogP contribution >= 0.6 is 8.35 Å². The predicted molar refractivity (Wildman–Crippen MR) is 67.7 cm³/mol. The van der Waals surface area contributed by atoms with Gasteiger partial charge in [-0.15, -0.1) is 0 Å². The summed E-state index contributed by atoms with van der Waals surface area (Å²) in [6.45, 7) is 2.26. The maximum atomic E-state index is 3.34. The summed E-state index contributed by atoms with van der Waals surface area (Å²) >= 11 is 0. The molecule has 0 spiro atoms. The molecule has 1 aromatic heterocycles. The van der Waals surface area contributed by atoms with E-state index in [1.165, 1.54) is 65.3 Å². The zero-order chi connectivity index (χ0) is 10.5. The van der Waals surface area contributed by atoms with Gasteiger partial charge in [-0.25, -0.2) is 0 Å². The minimum atomic E-state index is 0.871. The summed E-state index contributed by atoms with van der Waals surface area (Å²) in [5.74, 6) is 0.871. The lowest BCUT2D eigenvalue weighted by molar-refractivity contribution is 0.545. The highest BCUT2D eigenvalue weighted by Crippen LogP contribution is 2.35. The number of aromatic amines is 1. The molecule has 0 saturated heterocycles. The van der Waals surface area contributed by atoms with Crippen LogP contribution in [0.1, 0.15) is 68.1 Å². The van der Waals surface area contributed by atoms with Crippen molar-refractivity contribution in [1.29, 1.82) is 0 Å². The van der Waals surface area contributed by atoms with E-state index in [9.17, 15) is 0 Å². The summed E-state index contributed by atoms with van der Waals surface area (Å²) in [6.07, 6.45) is 13.8. The Morgan fingerprint density at radius 1 is 1.07 bits per heavy atom. The zero-order valence-electron chi connectivity index (χ0n) is 9.76. The van der Waals surface area contributed by atoms with Gasteiger partial charge in [-0.2, -0.15) is 0 Å². The van der Waals surface area contributed by atoms with Gasteiger partial charge in [-0.05, 0) is 31.2 Å². The highest BCUT2D eigenvalue weighted by Gasteiger charge is 2.15. The molecular weight excluding hydrogens is 201 g/mol. The number of H-pyrrole nitrogens is 1. The molecule has 2 heteroatoms. The van der Waals surface area contributed by atoms with Gasteiger partial charge < -0.3 is 4.75 Å². The third-order valence-electron chi connectivity index (χ3n) is 3.61. The number of aromatic nitrogens is 1. The predicted octanol–water partition coefficient (Wildman–Crippen LogP) is 5.12. The van der Waals surface area contributed by atoms with Crippen molar-refractivity contribution in [1.82, 2.24) is 4.75 Å². The summed E-state index contributed by atoms with van der Waals surface area (Å²) < 4.78 is 3.34. The van der Waals surface area contributed by atoms with Crippen LogP contribution in [-0.2, 0) is 0 Å². The molecule has 0 atom stereocenters. The van der Waals surface area contributed by atoms with E-state index in [1.54, 1.807) is 5.30 Å². The molecule has 0 amide bonds. The molecule has 1 saturated carbocycles. The first kappa shape index (κ1) is 11.2. The van der Waals surface area contributed by atoms with Crippen LogP contribution in [0.3, 0.4) is 0 Å². The average Bonchev–Trinajstić information content (AvgIpc) is 2.68. The van der Waals surface area contributed by atoms with E-state index in [0.717, 1.165) is 5.92 Å². The molecule has 0 aliphatic heterocycles. The maximum absolute atomic E-state index is 3.34. The standard InChI is InChI=1S/C13H22NP/c1-11-10-14-15-13(11)12-8-6-4-2-3-5-7-9-12/h10,12,14H,2-9H2,1H3. The van der Waals surface area contributed by atoms with Crippen LogP contribution in [0, 0.1) is 6.92 Å². The monoisotopic (exact) mass is 223 g/mol. The molecule has 0 unspecified atom stereocenters. The van der Waals surface area contributed by atoms with Crippen molar-refractivity contribution in [3.05, 3.63) is 17.1 Å². The fourth-order valence-corrected chi connectivity index (χ4v) is 3.76. The Labute approximate surface area is 94.8 Å². The molecule has 1 nitrogen and oxygen atoms in total. The second-order valence-electron chi connectivity index (χ2n) is 4.85. The van der Waals surface area contributed by atoms with Crippen molar-refractivity contribution >= 4 is 8.35 Å². The molecule has 1 heterocycles. The number of rotatable bonds is 1. The van der Waals surface area contributed by atoms with E-state index < -0.39 is 0 Å². The van der Waals surface area contributed by atoms with E-state index in [0.29, 0.717) is 0 Å². The normalized spacial score (nSPS) is 21.1. The lowest BCUT2D eigenvalue weighted by atomic mass is 9.94. The van der Waals surface area contributed by atoms with E-state index in [1.807, 2.05) is 0 Å². The van der Waals surface area contributed by atoms with Crippen LogP contribution in [-0.4, -0.2) is 4.75 Å².